The first-order valence-corrected chi connectivity index (χ1v) is 18.8. The molecule has 0 saturated heterocycles. The minimum atomic E-state index is -0.444. The number of rotatable bonds is 5. The number of aromatic amines is 2. The Morgan fingerprint density at radius 3 is 1.82 bits per heavy atom. The highest BCUT2D eigenvalue weighted by Crippen LogP contribution is 2.58. The average Bonchev–Trinajstić information content (AvgIpc) is 4.08. The van der Waals surface area contributed by atoms with Crippen molar-refractivity contribution in [1.29, 1.82) is 0 Å². The van der Waals surface area contributed by atoms with Crippen LogP contribution < -0.4 is 0 Å². The van der Waals surface area contributed by atoms with E-state index < -0.39 is 5.41 Å². The number of H-pyrrole nitrogens is 2. The maximum absolute atomic E-state index is 4.67. The zero-order valence-corrected chi connectivity index (χ0v) is 29.7. The van der Waals surface area contributed by atoms with Gasteiger partial charge in [0.15, 0.2) is 0 Å². The summed E-state index contributed by atoms with van der Waals surface area (Å²) in [7, 11) is 0. The van der Waals surface area contributed by atoms with Gasteiger partial charge in [0.05, 0.1) is 33.2 Å². The molecule has 0 fully saturated rings. The number of fused-ring (bicyclic) bond motifs is 10. The quantitative estimate of drug-likeness (QED) is 0.184. The number of hydrogen-bond acceptors (Lipinski definition) is 1. The summed E-state index contributed by atoms with van der Waals surface area (Å²) in [6, 6.07) is 61.9. The molecule has 55 heavy (non-hydrogen) atoms. The predicted octanol–water partition coefficient (Wildman–Crippen LogP) is 12.0. The average molecular weight is 704 g/mol. The van der Waals surface area contributed by atoms with Crippen LogP contribution in [-0.2, 0) is 5.41 Å². The second-order valence-electron chi connectivity index (χ2n) is 14.5. The lowest BCUT2D eigenvalue weighted by Crippen LogP contribution is -2.28. The fourth-order valence-electron chi connectivity index (χ4n) is 9.63. The molecule has 1 aliphatic rings. The molecule has 2 N–H and O–H groups in total. The van der Waals surface area contributed by atoms with Crippen molar-refractivity contribution >= 4 is 43.9 Å². The lowest BCUT2D eigenvalue weighted by Gasteiger charge is -2.33. The van der Waals surface area contributed by atoms with Gasteiger partial charge in [-0.3, -0.25) is 9.55 Å². The number of pyridine rings is 1. The molecule has 5 aromatic heterocycles. The second-order valence-corrected chi connectivity index (χ2v) is 14.5. The van der Waals surface area contributed by atoms with Crippen molar-refractivity contribution in [3.05, 3.63) is 211 Å². The molecule has 5 heterocycles. The van der Waals surface area contributed by atoms with Crippen molar-refractivity contribution in [1.82, 2.24) is 24.1 Å². The second kappa shape index (κ2) is 11.3. The van der Waals surface area contributed by atoms with Crippen LogP contribution in [0.3, 0.4) is 0 Å². The molecule has 0 bridgehead atoms. The smallest absolute Gasteiger partial charge is 0.124 e. The molecule has 0 amide bonds. The third kappa shape index (κ3) is 4.04. The van der Waals surface area contributed by atoms with E-state index in [0.717, 1.165) is 33.4 Å². The van der Waals surface area contributed by atoms with Gasteiger partial charge >= 0.3 is 0 Å². The topological polar surface area (TPSA) is 54.3 Å². The van der Waals surface area contributed by atoms with Crippen LogP contribution in [0.2, 0.25) is 0 Å². The Morgan fingerprint density at radius 1 is 0.455 bits per heavy atom. The predicted molar refractivity (Wildman–Crippen MR) is 224 cm³/mol. The Kier molecular flexibility index (Phi) is 6.20. The Morgan fingerprint density at radius 2 is 1.09 bits per heavy atom. The highest BCUT2D eigenvalue weighted by molar-refractivity contribution is 6.18. The summed E-state index contributed by atoms with van der Waals surface area (Å²) in [5.41, 5.74) is 17.3. The van der Waals surface area contributed by atoms with E-state index in [2.05, 4.69) is 194 Å². The van der Waals surface area contributed by atoms with E-state index in [1.165, 1.54) is 66.4 Å². The van der Waals surface area contributed by atoms with Gasteiger partial charge in [-0.1, -0.05) is 109 Å². The molecule has 0 atom stereocenters. The van der Waals surface area contributed by atoms with Crippen LogP contribution in [0, 0.1) is 0 Å². The van der Waals surface area contributed by atoms with Crippen LogP contribution in [0.15, 0.2) is 188 Å². The summed E-state index contributed by atoms with van der Waals surface area (Å²) in [5, 5.41) is 3.65. The summed E-state index contributed by atoms with van der Waals surface area (Å²) >= 11 is 0. The van der Waals surface area contributed by atoms with Gasteiger partial charge in [-0.2, -0.15) is 0 Å². The molecule has 5 nitrogen and oxygen atoms in total. The van der Waals surface area contributed by atoms with Gasteiger partial charge in [-0.15, -0.1) is 0 Å². The van der Waals surface area contributed by atoms with Crippen LogP contribution >= 0.6 is 0 Å². The van der Waals surface area contributed by atoms with Crippen LogP contribution in [0.25, 0.3) is 77.6 Å². The number of nitrogens with one attached hydrogen (secondary N) is 2. The van der Waals surface area contributed by atoms with E-state index in [-0.39, 0.29) is 0 Å². The first kappa shape index (κ1) is 30.1. The number of benzene rings is 6. The molecular formula is C50H33N5. The van der Waals surface area contributed by atoms with E-state index in [4.69, 9.17) is 0 Å². The highest BCUT2D eigenvalue weighted by Gasteiger charge is 2.47. The maximum atomic E-state index is 4.67. The number of nitrogens with zero attached hydrogens (tertiary/aromatic N) is 3. The molecule has 0 aliphatic heterocycles. The first-order chi connectivity index (χ1) is 27.3. The lowest BCUT2D eigenvalue weighted by atomic mass is 9.68. The Labute approximate surface area is 316 Å². The fourth-order valence-corrected chi connectivity index (χ4v) is 9.63. The SMILES string of the molecule is c1ccc(C2(c3ccccc3)c3cc[nH]c3-c3c2ccc2c3c3ccccc3n2-c2ccc(-c3ccc(-n4c5cccnc5c5cc[nH]c54)cc3)cc2)cc1. The van der Waals surface area contributed by atoms with Gasteiger partial charge < -0.3 is 14.5 Å². The van der Waals surface area contributed by atoms with E-state index >= 15 is 0 Å². The third-order valence-electron chi connectivity index (χ3n) is 11.9. The molecule has 0 saturated carbocycles. The normalized spacial score (nSPS) is 13.2. The monoisotopic (exact) mass is 703 g/mol. The number of hydrogen-bond donors (Lipinski definition) is 2. The van der Waals surface area contributed by atoms with Gasteiger partial charge in [0.1, 0.15) is 5.65 Å². The standard InChI is InChI=1S/C50H33N5/c1-3-10-34(11-4-1)50(35-12-5-2-6-13-35)40-25-26-43-45(46(40)48-41(50)28-31-52-48)38-14-7-8-15-42(38)54(43)36-21-17-32(18-22-36)33-19-23-37(24-20-33)55-44-16-9-29-51-47(44)39-27-30-53-49(39)55/h1-31,52-53H. The molecule has 0 radical (unpaired) electrons. The Balaban J connectivity index is 1.00. The molecule has 0 unspecified atom stereocenters. The first-order valence-electron chi connectivity index (χ1n) is 18.8. The van der Waals surface area contributed by atoms with Gasteiger partial charge in [0, 0.05) is 51.7 Å². The summed E-state index contributed by atoms with van der Waals surface area (Å²) in [6.07, 6.45) is 5.95. The summed E-state index contributed by atoms with van der Waals surface area (Å²) < 4.78 is 4.68. The van der Waals surface area contributed by atoms with E-state index in [9.17, 15) is 0 Å². The van der Waals surface area contributed by atoms with Crippen LogP contribution in [0.5, 0.6) is 0 Å². The summed E-state index contributed by atoms with van der Waals surface area (Å²) in [5.74, 6) is 0. The van der Waals surface area contributed by atoms with E-state index in [0.29, 0.717) is 0 Å². The Hall–Kier alpha value is -7.37. The van der Waals surface area contributed by atoms with Gasteiger partial charge in [0.2, 0.25) is 0 Å². The van der Waals surface area contributed by atoms with Crippen molar-refractivity contribution < 1.29 is 0 Å². The third-order valence-corrected chi connectivity index (χ3v) is 11.9. The molecule has 11 aromatic rings. The molecular weight excluding hydrogens is 671 g/mol. The number of para-hydroxylation sites is 1. The van der Waals surface area contributed by atoms with Crippen LogP contribution in [-0.4, -0.2) is 24.1 Å². The van der Waals surface area contributed by atoms with Crippen molar-refractivity contribution in [2.75, 3.05) is 0 Å². The van der Waals surface area contributed by atoms with E-state index in [1.54, 1.807) is 0 Å². The highest BCUT2D eigenvalue weighted by atomic mass is 15.1. The summed E-state index contributed by atoms with van der Waals surface area (Å²) in [6.45, 7) is 0. The van der Waals surface area contributed by atoms with Gasteiger partial charge in [-0.05, 0) is 94.0 Å². The van der Waals surface area contributed by atoms with Crippen molar-refractivity contribution in [2.45, 2.75) is 5.41 Å². The van der Waals surface area contributed by atoms with Crippen LogP contribution in [0.1, 0.15) is 22.3 Å². The zero-order valence-electron chi connectivity index (χ0n) is 29.7. The van der Waals surface area contributed by atoms with Gasteiger partial charge in [0.25, 0.3) is 0 Å². The molecule has 12 rings (SSSR count). The molecule has 258 valence electrons. The zero-order chi connectivity index (χ0) is 36.1. The molecule has 1 aliphatic carbocycles. The fraction of sp³-hybridized carbons (Fsp3) is 0.0200. The maximum Gasteiger partial charge on any atom is 0.124 e. The minimum Gasteiger partial charge on any atom is -0.361 e. The van der Waals surface area contributed by atoms with E-state index in [1.807, 2.05) is 18.5 Å². The minimum absolute atomic E-state index is 0.444. The summed E-state index contributed by atoms with van der Waals surface area (Å²) in [4.78, 5) is 11.8. The van der Waals surface area contributed by atoms with Crippen molar-refractivity contribution in [3.8, 4) is 33.8 Å². The van der Waals surface area contributed by atoms with Crippen molar-refractivity contribution in [3.63, 3.8) is 0 Å². The molecule has 6 aromatic carbocycles. The molecule has 5 heteroatoms. The van der Waals surface area contributed by atoms with Crippen LogP contribution in [0.4, 0.5) is 0 Å². The van der Waals surface area contributed by atoms with Crippen molar-refractivity contribution in [2.24, 2.45) is 0 Å². The number of aromatic nitrogens is 5. The lowest BCUT2D eigenvalue weighted by molar-refractivity contribution is 0.770. The largest absolute Gasteiger partial charge is 0.361 e. The van der Waals surface area contributed by atoms with Gasteiger partial charge in [-0.25, -0.2) is 0 Å². The molecule has 0 spiro atoms. The Bertz CT molecular complexity index is 3190.